The third kappa shape index (κ3) is 3.97. The van der Waals surface area contributed by atoms with Crippen LogP contribution in [0.4, 0.5) is 13.2 Å². The molecule has 0 saturated carbocycles. The molecule has 162 valence electrons. The molecular formula is C21H17BrF3N3O3. The van der Waals surface area contributed by atoms with Crippen LogP contribution in [0.1, 0.15) is 22.5 Å². The predicted molar refractivity (Wildman–Crippen MR) is 111 cm³/mol. The highest BCUT2D eigenvalue weighted by Gasteiger charge is 2.37. The van der Waals surface area contributed by atoms with E-state index in [1.807, 2.05) is 0 Å². The third-order valence-corrected chi connectivity index (χ3v) is 5.99. The van der Waals surface area contributed by atoms with Crippen molar-refractivity contribution in [1.29, 1.82) is 0 Å². The molecule has 3 heterocycles. The SMILES string of the molecule is CO[C@@H]1CCN(C(=O)c2ccc(-c3cccn4c(=O)c(Br)c(C(F)(F)F)nc34)cc2)C1. The first kappa shape index (κ1) is 21.5. The van der Waals surface area contributed by atoms with Crippen LogP contribution in [0.3, 0.4) is 0 Å². The summed E-state index contributed by atoms with van der Waals surface area (Å²) in [6, 6.07) is 9.63. The molecule has 4 rings (SSSR count). The number of likely N-dealkylation sites (tertiary alicyclic amines) is 1. The molecule has 1 saturated heterocycles. The molecule has 0 N–H and O–H groups in total. The van der Waals surface area contributed by atoms with Crippen LogP contribution in [-0.2, 0) is 10.9 Å². The first-order chi connectivity index (χ1) is 14.7. The highest BCUT2D eigenvalue weighted by atomic mass is 79.9. The van der Waals surface area contributed by atoms with E-state index in [4.69, 9.17) is 4.74 Å². The monoisotopic (exact) mass is 495 g/mol. The Balaban J connectivity index is 1.73. The largest absolute Gasteiger partial charge is 0.434 e. The number of ether oxygens (including phenoxy) is 1. The van der Waals surface area contributed by atoms with Gasteiger partial charge in [0.2, 0.25) is 0 Å². The van der Waals surface area contributed by atoms with Gasteiger partial charge >= 0.3 is 6.18 Å². The van der Waals surface area contributed by atoms with E-state index in [2.05, 4.69) is 20.9 Å². The summed E-state index contributed by atoms with van der Waals surface area (Å²) in [7, 11) is 1.61. The number of aromatic nitrogens is 2. The summed E-state index contributed by atoms with van der Waals surface area (Å²) in [5.41, 5.74) is -0.911. The van der Waals surface area contributed by atoms with E-state index in [9.17, 15) is 22.8 Å². The van der Waals surface area contributed by atoms with Crippen LogP contribution in [0, 0.1) is 0 Å². The van der Waals surface area contributed by atoms with Gasteiger partial charge in [-0.3, -0.25) is 14.0 Å². The molecule has 1 aliphatic rings. The Kier molecular flexibility index (Phi) is 5.61. The van der Waals surface area contributed by atoms with Gasteiger partial charge in [0.1, 0.15) is 10.1 Å². The maximum atomic E-state index is 13.3. The van der Waals surface area contributed by atoms with Gasteiger partial charge in [-0.15, -0.1) is 0 Å². The molecule has 1 aliphatic heterocycles. The summed E-state index contributed by atoms with van der Waals surface area (Å²) in [4.78, 5) is 30.6. The molecule has 1 aromatic carbocycles. The zero-order valence-electron chi connectivity index (χ0n) is 16.3. The first-order valence-corrected chi connectivity index (χ1v) is 10.2. The fourth-order valence-corrected chi connectivity index (χ4v) is 4.14. The van der Waals surface area contributed by atoms with E-state index in [1.165, 1.54) is 6.20 Å². The Bertz CT molecular complexity index is 1210. The summed E-state index contributed by atoms with van der Waals surface area (Å²) in [5.74, 6) is -0.137. The Hall–Kier alpha value is -2.72. The van der Waals surface area contributed by atoms with Crippen molar-refractivity contribution in [1.82, 2.24) is 14.3 Å². The minimum absolute atomic E-state index is 0.0189. The molecule has 1 fully saturated rings. The maximum Gasteiger partial charge on any atom is 0.434 e. The number of halogens is 4. The fourth-order valence-electron chi connectivity index (χ4n) is 3.63. The van der Waals surface area contributed by atoms with Gasteiger partial charge in [0.05, 0.1) is 6.10 Å². The van der Waals surface area contributed by atoms with Crippen molar-refractivity contribution in [3.63, 3.8) is 0 Å². The number of fused-ring (bicyclic) bond motifs is 1. The topological polar surface area (TPSA) is 63.9 Å². The van der Waals surface area contributed by atoms with Gasteiger partial charge in [-0.05, 0) is 52.2 Å². The second-order valence-electron chi connectivity index (χ2n) is 7.17. The van der Waals surface area contributed by atoms with E-state index < -0.39 is 21.9 Å². The number of benzene rings is 1. The number of hydrogen-bond donors (Lipinski definition) is 0. The molecule has 0 spiro atoms. The van der Waals surface area contributed by atoms with Crippen LogP contribution in [0.2, 0.25) is 0 Å². The molecular weight excluding hydrogens is 479 g/mol. The van der Waals surface area contributed by atoms with E-state index in [0.717, 1.165) is 10.8 Å². The van der Waals surface area contributed by atoms with Gasteiger partial charge in [-0.2, -0.15) is 13.2 Å². The average molecular weight is 496 g/mol. The zero-order chi connectivity index (χ0) is 22.3. The van der Waals surface area contributed by atoms with Crippen molar-refractivity contribution >= 4 is 27.5 Å². The Morgan fingerprint density at radius 2 is 1.94 bits per heavy atom. The van der Waals surface area contributed by atoms with Gasteiger partial charge in [0.25, 0.3) is 11.5 Å². The van der Waals surface area contributed by atoms with Crippen molar-refractivity contribution in [3.05, 3.63) is 68.7 Å². The van der Waals surface area contributed by atoms with Crippen LogP contribution in [-0.4, -0.2) is 46.5 Å². The molecule has 0 aliphatic carbocycles. The van der Waals surface area contributed by atoms with Crippen molar-refractivity contribution in [2.24, 2.45) is 0 Å². The quantitative estimate of drug-likeness (QED) is 0.550. The minimum Gasteiger partial charge on any atom is -0.380 e. The smallest absolute Gasteiger partial charge is 0.380 e. The van der Waals surface area contributed by atoms with E-state index in [-0.39, 0.29) is 17.7 Å². The molecule has 31 heavy (non-hydrogen) atoms. The number of hydrogen-bond acceptors (Lipinski definition) is 4. The Morgan fingerprint density at radius 3 is 2.55 bits per heavy atom. The van der Waals surface area contributed by atoms with Gasteiger partial charge in [-0.1, -0.05) is 12.1 Å². The number of nitrogens with zero attached hydrogens (tertiary/aromatic N) is 3. The summed E-state index contributed by atoms with van der Waals surface area (Å²) >= 11 is 2.72. The van der Waals surface area contributed by atoms with Crippen LogP contribution in [0.5, 0.6) is 0 Å². The molecule has 0 bridgehead atoms. The Morgan fingerprint density at radius 1 is 1.23 bits per heavy atom. The number of alkyl halides is 3. The van der Waals surface area contributed by atoms with E-state index in [0.29, 0.717) is 29.8 Å². The van der Waals surface area contributed by atoms with Crippen LogP contribution < -0.4 is 5.56 Å². The van der Waals surface area contributed by atoms with Crippen LogP contribution >= 0.6 is 15.9 Å². The number of methoxy groups -OCH3 is 1. The number of carbonyl (C=O) groups is 1. The van der Waals surface area contributed by atoms with E-state index >= 15 is 0 Å². The lowest BCUT2D eigenvalue weighted by molar-refractivity contribution is -0.141. The van der Waals surface area contributed by atoms with Crippen molar-refractivity contribution in [3.8, 4) is 11.1 Å². The predicted octanol–water partition coefficient (Wildman–Crippen LogP) is 4.00. The fraction of sp³-hybridized carbons (Fsp3) is 0.286. The molecule has 1 amide bonds. The first-order valence-electron chi connectivity index (χ1n) is 9.41. The van der Waals surface area contributed by atoms with Crippen molar-refractivity contribution < 1.29 is 22.7 Å². The van der Waals surface area contributed by atoms with Crippen molar-refractivity contribution in [2.45, 2.75) is 18.7 Å². The van der Waals surface area contributed by atoms with Gasteiger partial charge < -0.3 is 9.64 Å². The molecule has 2 aromatic heterocycles. The minimum atomic E-state index is -4.79. The summed E-state index contributed by atoms with van der Waals surface area (Å²) in [6.07, 6.45) is -2.64. The van der Waals surface area contributed by atoms with Crippen molar-refractivity contribution in [2.75, 3.05) is 20.2 Å². The summed E-state index contributed by atoms with van der Waals surface area (Å²) in [5, 5.41) is 0. The molecule has 0 radical (unpaired) electrons. The lowest BCUT2D eigenvalue weighted by Crippen LogP contribution is -2.29. The lowest BCUT2D eigenvalue weighted by Gasteiger charge is -2.16. The summed E-state index contributed by atoms with van der Waals surface area (Å²) < 4.78 is 45.7. The van der Waals surface area contributed by atoms with Gasteiger partial charge in [0, 0.05) is 37.5 Å². The van der Waals surface area contributed by atoms with Crippen LogP contribution in [0.15, 0.2) is 51.9 Å². The van der Waals surface area contributed by atoms with Gasteiger partial charge in [0.15, 0.2) is 5.69 Å². The highest BCUT2D eigenvalue weighted by Crippen LogP contribution is 2.33. The van der Waals surface area contributed by atoms with Crippen LogP contribution in [0.25, 0.3) is 16.8 Å². The second-order valence-corrected chi connectivity index (χ2v) is 7.96. The number of rotatable bonds is 3. The summed E-state index contributed by atoms with van der Waals surface area (Å²) in [6.45, 7) is 1.12. The molecule has 0 unspecified atom stereocenters. The molecule has 10 heteroatoms. The van der Waals surface area contributed by atoms with Gasteiger partial charge in [-0.25, -0.2) is 4.98 Å². The average Bonchev–Trinajstić information content (AvgIpc) is 3.24. The Labute approximate surface area is 183 Å². The molecule has 3 aromatic rings. The second kappa shape index (κ2) is 8.08. The third-order valence-electron chi connectivity index (χ3n) is 5.28. The molecule has 6 nitrogen and oxygen atoms in total. The van der Waals surface area contributed by atoms with E-state index in [1.54, 1.807) is 48.4 Å². The standard InChI is InChI=1S/C21H17BrF3N3O3/c1-31-14-8-10-27(11-14)19(29)13-6-4-12(5-7-13)15-3-2-9-28-18(15)26-17(21(23,24)25)16(22)20(28)30/h2-7,9,14H,8,10-11H2,1H3/t14-/m1/s1. The lowest BCUT2D eigenvalue weighted by atomic mass is 10.0. The number of carbonyl (C=O) groups excluding carboxylic acids is 1. The molecule has 1 atom stereocenters. The zero-order valence-corrected chi connectivity index (χ0v) is 17.9. The maximum absolute atomic E-state index is 13.3. The normalized spacial score (nSPS) is 16.8. The number of pyridine rings is 1. The highest BCUT2D eigenvalue weighted by molar-refractivity contribution is 9.10. The number of amides is 1.